The minimum atomic E-state index is -4.56. The van der Waals surface area contributed by atoms with Crippen LogP contribution < -0.4 is 4.74 Å². The summed E-state index contributed by atoms with van der Waals surface area (Å²) in [7, 11) is 1.40. The second-order valence-corrected chi connectivity index (χ2v) is 6.32. The van der Waals surface area contributed by atoms with E-state index in [1.54, 1.807) is 24.5 Å². The van der Waals surface area contributed by atoms with Crippen molar-refractivity contribution in [2.45, 2.75) is 6.18 Å². The van der Waals surface area contributed by atoms with Gasteiger partial charge in [0.15, 0.2) is 5.69 Å². The van der Waals surface area contributed by atoms with E-state index in [1.165, 1.54) is 11.6 Å². The Balaban J connectivity index is 2.00. The van der Waals surface area contributed by atoms with E-state index in [0.717, 1.165) is 22.8 Å². The third kappa shape index (κ3) is 3.71. The van der Waals surface area contributed by atoms with Gasteiger partial charge in [0.05, 0.1) is 12.6 Å². The molecule has 0 radical (unpaired) electrons. The Morgan fingerprint density at radius 3 is 2.38 bits per heavy atom. The number of hydrogen-bond donors (Lipinski definition) is 0. The van der Waals surface area contributed by atoms with Crippen LogP contribution in [0.2, 0.25) is 0 Å². The molecule has 1 aromatic carbocycles. The third-order valence-corrected chi connectivity index (χ3v) is 4.48. The summed E-state index contributed by atoms with van der Waals surface area (Å²) < 4.78 is 46.4. The van der Waals surface area contributed by atoms with E-state index in [4.69, 9.17) is 4.74 Å². The summed E-state index contributed by atoms with van der Waals surface area (Å²) in [6.45, 7) is 0. The highest BCUT2D eigenvalue weighted by molar-refractivity contribution is 5.96. The first kappa shape index (κ1) is 18.7. The SMILES string of the molecule is COc1ccc(C(=Cc2ccncc2)c2ccccc2)c2cc(C(F)(F)F)nn12. The fraction of sp³-hybridized carbons (Fsp3) is 0.0909. The predicted octanol–water partition coefficient (Wildman–Crippen LogP) is 5.35. The number of pyridine rings is 2. The van der Waals surface area contributed by atoms with Crippen molar-refractivity contribution in [1.29, 1.82) is 0 Å². The fourth-order valence-electron chi connectivity index (χ4n) is 3.13. The van der Waals surface area contributed by atoms with Crippen molar-refractivity contribution in [3.05, 3.63) is 95.4 Å². The summed E-state index contributed by atoms with van der Waals surface area (Å²) in [5, 5.41) is 3.73. The van der Waals surface area contributed by atoms with E-state index in [1.807, 2.05) is 48.5 Å². The first-order chi connectivity index (χ1) is 14.0. The van der Waals surface area contributed by atoms with Crippen LogP contribution in [0.15, 0.2) is 73.1 Å². The van der Waals surface area contributed by atoms with Crippen molar-refractivity contribution in [3.63, 3.8) is 0 Å². The monoisotopic (exact) mass is 395 g/mol. The molecule has 0 unspecified atom stereocenters. The van der Waals surface area contributed by atoms with Gasteiger partial charge in [0, 0.05) is 24.0 Å². The second-order valence-electron chi connectivity index (χ2n) is 6.32. The number of fused-ring (bicyclic) bond motifs is 1. The highest BCUT2D eigenvalue weighted by Crippen LogP contribution is 2.35. The van der Waals surface area contributed by atoms with E-state index in [2.05, 4.69) is 10.1 Å². The molecule has 0 aliphatic heterocycles. The molecule has 0 atom stereocenters. The van der Waals surface area contributed by atoms with Crippen LogP contribution in [-0.4, -0.2) is 21.7 Å². The number of ether oxygens (including phenoxy) is 1. The zero-order valence-electron chi connectivity index (χ0n) is 15.4. The minimum Gasteiger partial charge on any atom is -0.481 e. The second kappa shape index (κ2) is 7.43. The molecule has 0 bridgehead atoms. The third-order valence-electron chi connectivity index (χ3n) is 4.48. The van der Waals surface area contributed by atoms with Crippen molar-refractivity contribution in [2.24, 2.45) is 0 Å². The van der Waals surface area contributed by atoms with Crippen LogP contribution in [0.1, 0.15) is 22.4 Å². The summed E-state index contributed by atoms with van der Waals surface area (Å²) >= 11 is 0. The Kier molecular flexibility index (Phi) is 4.80. The van der Waals surface area contributed by atoms with Crippen LogP contribution in [-0.2, 0) is 6.18 Å². The van der Waals surface area contributed by atoms with Crippen LogP contribution in [0.5, 0.6) is 5.88 Å². The van der Waals surface area contributed by atoms with Crippen molar-refractivity contribution < 1.29 is 17.9 Å². The Labute approximate surface area is 164 Å². The first-order valence-corrected chi connectivity index (χ1v) is 8.79. The maximum atomic E-state index is 13.3. The van der Waals surface area contributed by atoms with Crippen molar-refractivity contribution in [3.8, 4) is 5.88 Å². The minimum absolute atomic E-state index is 0.218. The Morgan fingerprint density at radius 2 is 1.72 bits per heavy atom. The van der Waals surface area contributed by atoms with Gasteiger partial charge in [-0.05, 0) is 47.0 Å². The zero-order valence-corrected chi connectivity index (χ0v) is 15.4. The largest absolute Gasteiger partial charge is 0.481 e. The molecule has 0 spiro atoms. The van der Waals surface area contributed by atoms with Gasteiger partial charge in [0.2, 0.25) is 5.88 Å². The lowest BCUT2D eigenvalue weighted by Crippen LogP contribution is -2.06. The van der Waals surface area contributed by atoms with E-state index in [-0.39, 0.29) is 5.88 Å². The maximum absolute atomic E-state index is 13.3. The van der Waals surface area contributed by atoms with Gasteiger partial charge < -0.3 is 4.74 Å². The molecule has 3 heterocycles. The lowest BCUT2D eigenvalue weighted by Gasteiger charge is -2.12. The molecule has 0 amide bonds. The molecule has 0 fully saturated rings. The number of aromatic nitrogens is 3. The van der Waals surface area contributed by atoms with Gasteiger partial charge in [0.1, 0.15) is 0 Å². The van der Waals surface area contributed by atoms with Gasteiger partial charge in [-0.1, -0.05) is 30.3 Å². The molecule has 0 aliphatic carbocycles. The lowest BCUT2D eigenvalue weighted by atomic mass is 9.95. The molecule has 29 heavy (non-hydrogen) atoms. The summed E-state index contributed by atoms with van der Waals surface area (Å²) in [6, 6.07) is 17.5. The van der Waals surface area contributed by atoms with E-state index < -0.39 is 11.9 Å². The Hall–Kier alpha value is -3.61. The molecule has 0 saturated carbocycles. The topological polar surface area (TPSA) is 39.4 Å². The summed E-state index contributed by atoms with van der Waals surface area (Å²) in [4.78, 5) is 4.02. The number of rotatable bonds is 4. The quantitative estimate of drug-likeness (QED) is 0.468. The Morgan fingerprint density at radius 1 is 1.00 bits per heavy atom. The van der Waals surface area contributed by atoms with Crippen LogP contribution in [0.4, 0.5) is 13.2 Å². The molecule has 4 rings (SSSR count). The normalized spacial score (nSPS) is 12.3. The first-order valence-electron chi connectivity index (χ1n) is 8.79. The molecule has 146 valence electrons. The summed E-state index contributed by atoms with van der Waals surface area (Å²) in [5.41, 5.74) is 2.45. The highest BCUT2D eigenvalue weighted by atomic mass is 19.4. The van der Waals surface area contributed by atoms with Crippen molar-refractivity contribution >= 4 is 17.2 Å². The lowest BCUT2D eigenvalue weighted by molar-refractivity contribution is -0.141. The number of alkyl halides is 3. The number of halogens is 3. The zero-order chi connectivity index (χ0) is 20.4. The molecule has 0 N–H and O–H groups in total. The van der Waals surface area contributed by atoms with Gasteiger partial charge in [-0.15, -0.1) is 0 Å². The van der Waals surface area contributed by atoms with E-state index in [0.29, 0.717) is 11.1 Å². The average molecular weight is 395 g/mol. The van der Waals surface area contributed by atoms with Gasteiger partial charge >= 0.3 is 6.18 Å². The molecular weight excluding hydrogens is 379 g/mol. The molecule has 0 saturated heterocycles. The predicted molar refractivity (Wildman–Crippen MR) is 104 cm³/mol. The van der Waals surface area contributed by atoms with Crippen LogP contribution in [0.3, 0.4) is 0 Å². The smallest absolute Gasteiger partial charge is 0.435 e. The van der Waals surface area contributed by atoms with Crippen LogP contribution in [0, 0.1) is 0 Å². The maximum Gasteiger partial charge on any atom is 0.435 e. The molecular formula is C22H16F3N3O. The van der Waals surface area contributed by atoms with Gasteiger partial charge in [0.25, 0.3) is 0 Å². The molecule has 4 aromatic rings. The van der Waals surface area contributed by atoms with Crippen LogP contribution >= 0.6 is 0 Å². The highest BCUT2D eigenvalue weighted by Gasteiger charge is 2.35. The van der Waals surface area contributed by atoms with E-state index >= 15 is 0 Å². The van der Waals surface area contributed by atoms with Crippen molar-refractivity contribution in [2.75, 3.05) is 7.11 Å². The molecule has 0 aliphatic rings. The number of hydrogen-bond acceptors (Lipinski definition) is 3. The van der Waals surface area contributed by atoms with Gasteiger partial charge in [-0.2, -0.15) is 22.8 Å². The standard InChI is InChI=1S/C22H16F3N3O/c1-29-21-8-7-17(19-14-20(22(23,24)25)27-28(19)21)18(16-5-3-2-4-6-16)13-15-9-11-26-12-10-15/h2-14H,1H3. The molecule has 4 nitrogen and oxygen atoms in total. The Bertz CT molecular complexity index is 1170. The molecule has 7 heteroatoms. The number of benzene rings is 1. The number of methoxy groups -OCH3 is 1. The summed E-state index contributed by atoms with van der Waals surface area (Å²) in [5.74, 6) is 0.218. The van der Waals surface area contributed by atoms with Gasteiger partial charge in [-0.25, -0.2) is 0 Å². The molecule has 3 aromatic heterocycles. The van der Waals surface area contributed by atoms with Crippen LogP contribution in [0.25, 0.3) is 17.2 Å². The van der Waals surface area contributed by atoms with Crippen molar-refractivity contribution in [1.82, 2.24) is 14.6 Å². The van der Waals surface area contributed by atoms with Gasteiger partial charge in [-0.3, -0.25) is 4.98 Å². The average Bonchev–Trinajstić information content (AvgIpc) is 3.19. The number of nitrogens with zero attached hydrogens (tertiary/aromatic N) is 3. The summed E-state index contributed by atoms with van der Waals surface area (Å²) in [6.07, 6.45) is 0.687. The fourth-order valence-corrected chi connectivity index (χ4v) is 3.13. The van der Waals surface area contributed by atoms with E-state index in [9.17, 15) is 13.2 Å².